The van der Waals surface area contributed by atoms with Crippen LogP contribution in [-0.4, -0.2) is 13.0 Å². The molecule has 2 aromatic rings. The minimum absolute atomic E-state index is 0.446. The second-order valence-electron chi connectivity index (χ2n) is 4.20. The molecule has 0 atom stereocenters. The van der Waals surface area contributed by atoms with Crippen molar-refractivity contribution in [1.29, 1.82) is 0 Å². The van der Waals surface area contributed by atoms with E-state index in [1.807, 2.05) is 18.2 Å². The van der Waals surface area contributed by atoms with E-state index in [0.29, 0.717) is 10.6 Å². The van der Waals surface area contributed by atoms with Crippen molar-refractivity contribution in [3.05, 3.63) is 34.2 Å². The van der Waals surface area contributed by atoms with Crippen molar-refractivity contribution in [3.8, 4) is 16.9 Å². The standard InChI is InChI=1S/C13H12N2O2S/c1-17-7-3-2-6-4-9-10(8(6)5-7)11(12(14)16)13(15)18-9/h2-3,5H,4,15H2,1H3,(H2,14,16). The highest BCUT2D eigenvalue weighted by molar-refractivity contribution is 7.17. The number of benzene rings is 1. The van der Waals surface area contributed by atoms with Crippen molar-refractivity contribution < 1.29 is 9.53 Å². The maximum Gasteiger partial charge on any atom is 0.252 e. The van der Waals surface area contributed by atoms with Gasteiger partial charge >= 0.3 is 0 Å². The van der Waals surface area contributed by atoms with E-state index < -0.39 is 5.91 Å². The second kappa shape index (κ2) is 3.74. The molecule has 0 unspecified atom stereocenters. The van der Waals surface area contributed by atoms with E-state index in [-0.39, 0.29) is 0 Å². The zero-order chi connectivity index (χ0) is 12.9. The van der Waals surface area contributed by atoms with E-state index >= 15 is 0 Å². The van der Waals surface area contributed by atoms with Gasteiger partial charge in [-0.05, 0) is 23.3 Å². The van der Waals surface area contributed by atoms with Crippen LogP contribution in [0.4, 0.5) is 5.00 Å². The van der Waals surface area contributed by atoms with E-state index in [2.05, 4.69) is 0 Å². The molecule has 3 rings (SSSR count). The maximum atomic E-state index is 11.5. The molecule has 1 aromatic heterocycles. The van der Waals surface area contributed by atoms with E-state index in [0.717, 1.165) is 28.2 Å². The van der Waals surface area contributed by atoms with Gasteiger partial charge in [-0.2, -0.15) is 0 Å². The minimum Gasteiger partial charge on any atom is -0.497 e. The lowest BCUT2D eigenvalue weighted by Gasteiger charge is -2.06. The van der Waals surface area contributed by atoms with Gasteiger partial charge in [0.15, 0.2) is 0 Å². The molecule has 1 heterocycles. The molecule has 1 aliphatic carbocycles. The minimum atomic E-state index is -0.472. The van der Waals surface area contributed by atoms with E-state index in [9.17, 15) is 4.79 Å². The molecule has 1 amide bonds. The number of thiophene rings is 1. The summed E-state index contributed by atoms with van der Waals surface area (Å²) in [5.74, 6) is 0.294. The lowest BCUT2D eigenvalue weighted by molar-refractivity contribution is 0.100. The number of nitrogen functional groups attached to an aromatic ring is 1. The molecule has 0 bridgehead atoms. The average Bonchev–Trinajstić information content (AvgIpc) is 2.82. The summed E-state index contributed by atoms with van der Waals surface area (Å²) < 4.78 is 5.22. The van der Waals surface area contributed by atoms with Gasteiger partial charge in [0.1, 0.15) is 5.75 Å². The molecule has 0 radical (unpaired) electrons. The van der Waals surface area contributed by atoms with Gasteiger partial charge < -0.3 is 16.2 Å². The molecule has 1 aromatic carbocycles. The van der Waals surface area contributed by atoms with Crippen LogP contribution >= 0.6 is 11.3 Å². The third-order valence-corrected chi connectivity index (χ3v) is 4.21. The highest BCUT2D eigenvalue weighted by atomic mass is 32.1. The lowest BCUT2D eigenvalue weighted by atomic mass is 10.0. The lowest BCUT2D eigenvalue weighted by Crippen LogP contribution is -2.12. The summed E-state index contributed by atoms with van der Waals surface area (Å²) in [6, 6.07) is 5.87. The largest absolute Gasteiger partial charge is 0.497 e. The quantitative estimate of drug-likeness (QED) is 0.739. The molecule has 1 aliphatic rings. The van der Waals surface area contributed by atoms with Crippen LogP contribution in [0.15, 0.2) is 18.2 Å². The number of methoxy groups -OCH3 is 1. The summed E-state index contributed by atoms with van der Waals surface area (Å²) in [6.07, 6.45) is 0.802. The van der Waals surface area contributed by atoms with Gasteiger partial charge in [0.2, 0.25) is 0 Å². The molecule has 0 fully saturated rings. The number of nitrogens with two attached hydrogens (primary N) is 2. The summed E-state index contributed by atoms with van der Waals surface area (Å²) >= 11 is 1.44. The average molecular weight is 260 g/mol. The summed E-state index contributed by atoms with van der Waals surface area (Å²) in [4.78, 5) is 12.6. The Morgan fingerprint density at radius 3 is 2.89 bits per heavy atom. The molecule has 0 spiro atoms. The Kier molecular flexibility index (Phi) is 2.31. The summed E-state index contributed by atoms with van der Waals surface area (Å²) in [5, 5.41) is 0.501. The van der Waals surface area contributed by atoms with Gasteiger partial charge in [0.25, 0.3) is 5.91 Å². The Hall–Kier alpha value is -2.01. The normalized spacial score (nSPS) is 12.1. The number of ether oxygens (including phenoxy) is 1. The smallest absolute Gasteiger partial charge is 0.252 e. The van der Waals surface area contributed by atoms with Gasteiger partial charge in [-0.25, -0.2) is 0 Å². The van der Waals surface area contributed by atoms with Gasteiger partial charge in [-0.1, -0.05) is 6.07 Å². The first-order chi connectivity index (χ1) is 8.61. The Labute approximate surface area is 108 Å². The van der Waals surface area contributed by atoms with Crippen LogP contribution in [0.25, 0.3) is 11.1 Å². The zero-order valence-electron chi connectivity index (χ0n) is 9.82. The molecule has 92 valence electrons. The predicted octanol–water partition coefficient (Wildman–Crippen LogP) is 2.01. The topological polar surface area (TPSA) is 78.3 Å². The monoisotopic (exact) mass is 260 g/mol. The number of carbonyl (C=O) groups is 1. The highest BCUT2D eigenvalue weighted by Crippen LogP contribution is 2.47. The Bertz CT molecular complexity index is 661. The SMILES string of the molecule is COc1ccc2c(c1)-c1c(sc(N)c1C(N)=O)C2. The first kappa shape index (κ1) is 11.1. The van der Waals surface area contributed by atoms with E-state index in [1.54, 1.807) is 7.11 Å². The number of hydrogen-bond acceptors (Lipinski definition) is 4. The highest BCUT2D eigenvalue weighted by Gasteiger charge is 2.28. The number of hydrogen-bond donors (Lipinski definition) is 2. The zero-order valence-corrected chi connectivity index (χ0v) is 10.6. The van der Waals surface area contributed by atoms with Crippen molar-refractivity contribution in [2.75, 3.05) is 12.8 Å². The van der Waals surface area contributed by atoms with Crippen molar-refractivity contribution in [3.63, 3.8) is 0 Å². The number of carbonyl (C=O) groups excluding carboxylic acids is 1. The molecule has 0 saturated heterocycles. The maximum absolute atomic E-state index is 11.5. The van der Waals surface area contributed by atoms with Crippen LogP contribution in [0.2, 0.25) is 0 Å². The van der Waals surface area contributed by atoms with Crippen molar-refractivity contribution in [2.45, 2.75) is 6.42 Å². The number of rotatable bonds is 2. The van der Waals surface area contributed by atoms with Crippen LogP contribution in [0.5, 0.6) is 5.75 Å². The van der Waals surface area contributed by atoms with Crippen LogP contribution in [-0.2, 0) is 6.42 Å². The van der Waals surface area contributed by atoms with E-state index in [1.165, 1.54) is 16.9 Å². The Morgan fingerprint density at radius 2 is 2.22 bits per heavy atom. The fourth-order valence-electron chi connectivity index (χ4n) is 2.39. The predicted molar refractivity (Wildman–Crippen MR) is 72.0 cm³/mol. The third-order valence-electron chi connectivity index (χ3n) is 3.19. The summed E-state index contributed by atoms with van der Waals surface area (Å²) in [5.41, 5.74) is 14.8. The molecule has 0 aliphatic heterocycles. The number of primary amides is 1. The molecular weight excluding hydrogens is 248 g/mol. The molecule has 4 N–H and O–H groups in total. The van der Waals surface area contributed by atoms with Crippen LogP contribution in [0, 0.1) is 0 Å². The Morgan fingerprint density at radius 1 is 1.44 bits per heavy atom. The number of amides is 1. The fourth-order valence-corrected chi connectivity index (χ4v) is 3.51. The van der Waals surface area contributed by atoms with Gasteiger partial charge in [0, 0.05) is 16.9 Å². The summed E-state index contributed by atoms with van der Waals surface area (Å²) in [7, 11) is 1.62. The van der Waals surface area contributed by atoms with Gasteiger partial charge in [-0.15, -0.1) is 11.3 Å². The summed E-state index contributed by atoms with van der Waals surface area (Å²) in [6.45, 7) is 0. The van der Waals surface area contributed by atoms with Gasteiger partial charge in [-0.3, -0.25) is 4.79 Å². The first-order valence-corrected chi connectivity index (χ1v) is 6.31. The van der Waals surface area contributed by atoms with Crippen molar-refractivity contribution in [2.24, 2.45) is 5.73 Å². The molecule has 4 nitrogen and oxygen atoms in total. The van der Waals surface area contributed by atoms with Gasteiger partial charge in [0.05, 0.1) is 17.7 Å². The van der Waals surface area contributed by atoms with Crippen LogP contribution in [0.1, 0.15) is 20.8 Å². The fraction of sp³-hybridized carbons (Fsp3) is 0.154. The Balaban J connectivity index is 2.27. The molecule has 5 heteroatoms. The van der Waals surface area contributed by atoms with Crippen LogP contribution in [0.3, 0.4) is 0 Å². The number of fused-ring (bicyclic) bond motifs is 3. The van der Waals surface area contributed by atoms with Crippen molar-refractivity contribution in [1.82, 2.24) is 0 Å². The van der Waals surface area contributed by atoms with E-state index in [4.69, 9.17) is 16.2 Å². The first-order valence-electron chi connectivity index (χ1n) is 5.50. The second-order valence-corrected chi connectivity index (χ2v) is 5.34. The molecule has 0 saturated carbocycles. The molecular formula is C13H12N2O2S. The number of anilines is 1. The van der Waals surface area contributed by atoms with Crippen molar-refractivity contribution >= 4 is 22.2 Å². The molecule has 18 heavy (non-hydrogen) atoms. The van der Waals surface area contributed by atoms with Crippen LogP contribution < -0.4 is 16.2 Å². The third kappa shape index (κ3) is 1.41.